The summed E-state index contributed by atoms with van der Waals surface area (Å²) in [5.41, 5.74) is 0.923. The molecule has 0 aromatic carbocycles. The molecule has 0 spiro atoms. The summed E-state index contributed by atoms with van der Waals surface area (Å²) in [6, 6.07) is 4.40. The highest BCUT2D eigenvalue weighted by Crippen LogP contribution is 2.21. The smallest absolute Gasteiger partial charge is 0.134 e. The minimum Gasteiger partial charge on any atom is -0.392 e. The fourth-order valence-corrected chi connectivity index (χ4v) is 2.42. The summed E-state index contributed by atoms with van der Waals surface area (Å²) >= 11 is 0. The molecule has 1 unspecified atom stereocenters. The van der Waals surface area contributed by atoms with Crippen LogP contribution in [0.15, 0.2) is 18.3 Å². The summed E-state index contributed by atoms with van der Waals surface area (Å²) in [4.78, 5) is 9.11. The highest BCUT2D eigenvalue weighted by atomic mass is 16.3. The number of pyridine rings is 1. The van der Waals surface area contributed by atoms with Crippen LogP contribution in [0.3, 0.4) is 0 Å². The van der Waals surface area contributed by atoms with Crippen LogP contribution in [0, 0.1) is 0 Å². The van der Waals surface area contributed by atoms with Gasteiger partial charge in [-0.3, -0.25) is 4.90 Å². The van der Waals surface area contributed by atoms with E-state index in [2.05, 4.69) is 28.8 Å². The summed E-state index contributed by atoms with van der Waals surface area (Å²) in [6.07, 6.45) is 2.95. The zero-order valence-corrected chi connectivity index (χ0v) is 10.6. The van der Waals surface area contributed by atoms with E-state index in [9.17, 15) is 5.11 Å². The van der Waals surface area contributed by atoms with E-state index in [4.69, 9.17) is 0 Å². The standard InChI is InChI=1S/C13H21N3O/c1-3-12-9-16(8-7-15(12)2)13-11(10-17)5-4-6-14-13/h4-6,12,17H,3,7-10H2,1-2H3. The van der Waals surface area contributed by atoms with Gasteiger partial charge in [-0.2, -0.15) is 0 Å². The first kappa shape index (κ1) is 12.3. The van der Waals surface area contributed by atoms with Gasteiger partial charge in [0.1, 0.15) is 5.82 Å². The molecule has 1 saturated heterocycles. The van der Waals surface area contributed by atoms with Gasteiger partial charge in [-0.1, -0.05) is 13.0 Å². The maximum Gasteiger partial charge on any atom is 0.134 e. The van der Waals surface area contributed by atoms with Gasteiger partial charge >= 0.3 is 0 Å². The Labute approximate surface area is 103 Å². The number of anilines is 1. The summed E-state index contributed by atoms with van der Waals surface area (Å²) in [5, 5.41) is 9.35. The molecule has 4 nitrogen and oxygen atoms in total. The van der Waals surface area contributed by atoms with Gasteiger partial charge in [0.05, 0.1) is 6.61 Å². The monoisotopic (exact) mass is 235 g/mol. The topological polar surface area (TPSA) is 39.6 Å². The zero-order chi connectivity index (χ0) is 12.3. The van der Waals surface area contributed by atoms with Crippen molar-refractivity contribution >= 4 is 5.82 Å². The Balaban J connectivity index is 2.17. The van der Waals surface area contributed by atoms with Crippen molar-refractivity contribution in [1.29, 1.82) is 0 Å². The van der Waals surface area contributed by atoms with Crippen molar-refractivity contribution in [1.82, 2.24) is 9.88 Å². The Bertz CT molecular complexity index is 369. The Kier molecular flexibility index (Phi) is 3.97. The molecule has 2 heterocycles. The van der Waals surface area contributed by atoms with Crippen LogP contribution < -0.4 is 4.90 Å². The molecule has 17 heavy (non-hydrogen) atoms. The third kappa shape index (κ3) is 2.58. The molecule has 1 aromatic heterocycles. The van der Waals surface area contributed by atoms with Gasteiger partial charge in [0.2, 0.25) is 0 Å². The molecular weight excluding hydrogens is 214 g/mol. The largest absolute Gasteiger partial charge is 0.392 e. The molecule has 0 amide bonds. The quantitative estimate of drug-likeness (QED) is 0.852. The van der Waals surface area contributed by atoms with Crippen LogP contribution in [0.25, 0.3) is 0 Å². The van der Waals surface area contributed by atoms with Gasteiger partial charge in [-0.25, -0.2) is 4.98 Å². The molecule has 4 heteroatoms. The Morgan fingerprint density at radius 2 is 2.29 bits per heavy atom. The first-order valence-corrected chi connectivity index (χ1v) is 6.26. The van der Waals surface area contributed by atoms with Crippen molar-refractivity contribution in [2.24, 2.45) is 0 Å². The van der Waals surface area contributed by atoms with Crippen LogP contribution >= 0.6 is 0 Å². The van der Waals surface area contributed by atoms with Crippen LogP contribution in [-0.4, -0.2) is 47.7 Å². The molecule has 0 saturated carbocycles. The third-order valence-electron chi connectivity index (χ3n) is 3.59. The van der Waals surface area contributed by atoms with Gasteiger partial charge in [0, 0.05) is 37.4 Å². The average molecular weight is 235 g/mol. The summed E-state index contributed by atoms with van der Waals surface area (Å²) < 4.78 is 0. The van der Waals surface area contributed by atoms with Crippen LogP contribution in [0.5, 0.6) is 0 Å². The number of aliphatic hydroxyl groups excluding tert-OH is 1. The van der Waals surface area contributed by atoms with E-state index in [0.29, 0.717) is 6.04 Å². The summed E-state index contributed by atoms with van der Waals surface area (Å²) in [6.45, 7) is 5.32. The molecular formula is C13H21N3O. The lowest BCUT2D eigenvalue weighted by molar-refractivity contribution is 0.212. The normalized spacial score (nSPS) is 21.8. The molecule has 1 atom stereocenters. The molecule has 0 bridgehead atoms. The van der Waals surface area contributed by atoms with Gasteiger partial charge in [-0.05, 0) is 19.5 Å². The number of rotatable bonds is 3. The van der Waals surface area contributed by atoms with Crippen molar-refractivity contribution in [3.63, 3.8) is 0 Å². The first-order valence-electron chi connectivity index (χ1n) is 6.26. The van der Waals surface area contributed by atoms with Gasteiger partial charge in [-0.15, -0.1) is 0 Å². The lowest BCUT2D eigenvalue weighted by Gasteiger charge is -2.40. The van der Waals surface area contributed by atoms with Crippen molar-refractivity contribution in [3.8, 4) is 0 Å². The van der Waals surface area contributed by atoms with Gasteiger partial charge < -0.3 is 10.0 Å². The SMILES string of the molecule is CCC1CN(c2ncccc2CO)CCN1C. The van der Waals surface area contributed by atoms with E-state index in [0.717, 1.165) is 37.4 Å². The van der Waals surface area contributed by atoms with Crippen LogP contribution in [0.2, 0.25) is 0 Å². The zero-order valence-electron chi connectivity index (χ0n) is 10.6. The second-order valence-corrected chi connectivity index (χ2v) is 4.63. The number of likely N-dealkylation sites (N-methyl/N-ethyl adjacent to an activating group) is 1. The molecule has 1 aromatic rings. The minimum atomic E-state index is 0.0618. The van der Waals surface area contributed by atoms with E-state index in [1.165, 1.54) is 0 Å². The number of aliphatic hydroxyl groups is 1. The molecule has 0 radical (unpaired) electrons. The van der Waals surface area contributed by atoms with Crippen molar-refractivity contribution in [2.75, 3.05) is 31.6 Å². The van der Waals surface area contributed by atoms with Gasteiger partial charge in [0.25, 0.3) is 0 Å². The summed E-state index contributed by atoms with van der Waals surface area (Å²) in [7, 11) is 2.18. The molecule has 1 aliphatic heterocycles. The molecule has 94 valence electrons. The number of piperazine rings is 1. The molecule has 1 aliphatic rings. The number of hydrogen-bond acceptors (Lipinski definition) is 4. The number of nitrogens with zero attached hydrogens (tertiary/aromatic N) is 3. The predicted molar refractivity (Wildman–Crippen MR) is 69.1 cm³/mol. The van der Waals surface area contributed by atoms with E-state index in [1.807, 2.05) is 12.1 Å². The molecule has 2 rings (SSSR count). The number of hydrogen-bond donors (Lipinski definition) is 1. The lowest BCUT2D eigenvalue weighted by Crippen LogP contribution is -2.51. The second kappa shape index (κ2) is 5.47. The van der Waals surface area contributed by atoms with E-state index < -0.39 is 0 Å². The maximum absolute atomic E-state index is 9.35. The van der Waals surface area contributed by atoms with Crippen molar-refractivity contribution < 1.29 is 5.11 Å². The highest BCUT2D eigenvalue weighted by molar-refractivity contribution is 5.47. The minimum absolute atomic E-state index is 0.0618. The van der Waals surface area contributed by atoms with Crippen LogP contribution in [0.4, 0.5) is 5.82 Å². The highest BCUT2D eigenvalue weighted by Gasteiger charge is 2.24. The lowest BCUT2D eigenvalue weighted by atomic mass is 10.1. The van der Waals surface area contributed by atoms with E-state index >= 15 is 0 Å². The van der Waals surface area contributed by atoms with Gasteiger partial charge in [0.15, 0.2) is 0 Å². The third-order valence-corrected chi connectivity index (χ3v) is 3.59. The van der Waals surface area contributed by atoms with Crippen LogP contribution in [-0.2, 0) is 6.61 Å². The second-order valence-electron chi connectivity index (χ2n) is 4.63. The molecule has 1 N–H and O–H groups in total. The van der Waals surface area contributed by atoms with E-state index in [-0.39, 0.29) is 6.61 Å². The Morgan fingerprint density at radius 3 is 3.00 bits per heavy atom. The Hall–Kier alpha value is -1.13. The fraction of sp³-hybridized carbons (Fsp3) is 0.615. The fourth-order valence-electron chi connectivity index (χ4n) is 2.42. The maximum atomic E-state index is 9.35. The molecule has 0 aliphatic carbocycles. The van der Waals surface area contributed by atoms with Crippen molar-refractivity contribution in [3.05, 3.63) is 23.9 Å². The van der Waals surface area contributed by atoms with E-state index in [1.54, 1.807) is 6.20 Å². The summed E-state index contributed by atoms with van der Waals surface area (Å²) in [5.74, 6) is 0.946. The van der Waals surface area contributed by atoms with Crippen molar-refractivity contribution in [2.45, 2.75) is 26.0 Å². The Morgan fingerprint density at radius 1 is 1.47 bits per heavy atom. The molecule has 1 fully saturated rings. The first-order chi connectivity index (χ1) is 8.26. The number of aromatic nitrogens is 1. The van der Waals surface area contributed by atoms with Crippen LogP contribution in [0.1, 0.15) is 18.9 Å². The average Bonchev–Trinajstić information content (AvgIpc) is 2.39. The predicted octanol–water partition coefficient (Wildman–Crippen LogP) is 1.10.